The fourth-order valence-corrected chi connectivity index (χ4v) is 2.70. The van der Waals surface area contributed by atoms with Crippen LogP contribution in [0, 0.1) is 11.3 Å². The SMILES string of the molecule is C[C@]1(C(F)(F)F)CN(Cc2ccccc2)C[C@H]1C(=O)O. The molecule has 1 aliphatic rings. The fraction of sp³-hybridized carbons (Fsp3) is 0.500. The van der Waals surface area contributed by atoms with E-state index in [0.29, 0.717) is 6.54 Å². The molecule has 0 spiro atoms. The van der Waals surface area contributed by atoms with Crippen molar-refractivity contribution in [2.75, 3.05) is 13.1 Å². The number of hydrogen-bond acceptors (Lipinski definition) is 2. The van der Waals surface area contributed by atoms with E-state index in [1.807, 2.05) is 30.3 Å². The summed E-state index contributed by atoms with van der Waals surface area (Å²) in [6, 6.07) is 9.08. The molecule has 1 saturated heterocycles. The third-order valence-electron chi connectivity index (χ3n) is 3.96. The Bertz CT molecular complexity index is 489. The molecule has 0 saturated carbocycles. The first kappa shape index (κ1) is 14.8. The number of hydrogen-bond donors (Lipinski definition) is 1. The van der Waals surface area contributed by atoms with E-state index in [9.17, 15) is 18.0 Å². The fourth-order valence-electron chi connectivity index (χ4n) is 2.70. The van der Waals surface area contributed by atoms with Gasteiger partial charge in [0.15, 0.2) is 0 Å². The van der Waals surface area contributed by atoms with Gasteiger partial charge in [-0.05, 0) is 12.5 Å². The van der Waals surface area contributed by atoms with Crippen LogP contribution in [0.25, 0.3) is 0 Å². The number of likely N-dealkylation sites (tertiary alicyclic amines) is 1. The zero-order valence-corrected chi connectivity index (χ0v) is 11.0. The molecular formula is C14H16F3NO2. The second-order valence-corrected chi connectivity index (χ2v) is 5.46. The van der Waals surface area contributed by atoms with Crippen LogP contribution in [0.2, 0.25) is 0 Å². The lowest BCUT2D eigenvalue weighted by Crippen LogP contribution is -2.44. The Morgan fingerprint density at radius 1 is 1.40 bits per heavy atom. The van der Waals surface area contributed by atoms with Gasteiger partial charge in [-0.25, -0.2) is 0 Å². The van der Waals surface area contributed by atoms with Gasteiger partial charge in [0.25, 0.3) is 0 Å². The molecular weight excluding hydrogens is 271 g/mol. The van der Waals surface area contributed by atoms with Crippen molar-refractivity contribution in [1.82, 2.24) is 4.90 Å². The normalized spacial score (nSPS) is 27.7. The molecule has 1 N–H and O–H groups in total. The molecule has 1 heterocycles. The number of alkyl halides is 3. The third-order valence-corrected chi connectivity index (χ3v) is 3.96. The maximum atomic E-state index is 13.2. The molecule has 0 amide bonds. The zero-order valence-electron chi connectivity index (χ0n) is 11.0. The number of benzene rings is 1. The first-order valence-corrected chi connectivity index (χ1v) is 6.30. The lowest BCUT2D eigenvalue weighted by Gasteiger charge is -2.30. The van der Waals surface area contributed by atoms with Gasteiger partial charge in [-0.2, -0.15) is 13.2 Å². The Labute approximate surface area is 115 Å². The molecule has 0 radical (unpaired) electrons. The van der Waals surface area contributed by atoms with Crippen molar-refractivity contribution in [3.05, 3.63) is 35.9 Å². The summed E-state index contributed by atoms with van der Waals surface area (Å²) in [5, 5.41) is 9.07. The third kappa shape index (κ3) is 2.65. The highest BCUT2D eigenvalue weighted by Gasteiger charge is 2.62. The molecule has 0 bridgehead atoms. The summed E-state index contributed by atoms with van der Waals surface area (Å²) in [6.07, 6.45) is -4.53. The van der Waals surface area contributed by atoms with Crippen molar-refractivity contribution in [3.63, 3.8) is 0 Å². The zero-order chi connectivity index (χ0) is 15.0. The summed E-state index contributed by atoms with van der Waals surface area (Å²) < 4.78 is 39.5. The molecule has 1 fully saturated rings. The Balaban J connectivity index is 2.19. The lowest BCUT2D eigenvalue weighted by atomic mass is 9.79. The van der Waals surface area contributed by atoms with Gasteiger partial charge in [0, 0.05) is 19.6 Å². The van der Waals surface area contributed by atoms with Gasteiger partial charge >= 0.3 is 12.1 Å². The van der Waals surface area contributed by atoms with Crippen LogP contribution in [-0.2, 0) is 11.3 Å². The Hall–Kier alpha value is -1.56. The standard InChI is InChI=1S/C14H16F3NO2/c1-13(14(15,16)17)9-18(8-11(13)12(19)20)7-10-5-3-2-4-6-10/h2-6,11H,7-9H2,1H3,(H,19,20)/t11-,13-/m0/s1. The van der Waals surface area contributed by atoms with Crippen LogP contribution in [0.1, 0.15) is 12.5 Å². The Kier molecular flexibility index (Phi) is 3.77. The maximum absolute atomic E-state index is 13.2. The largest absolute Gasteiger partial charge is 0.481 e. The number of carboxylic acids is 1. The quantitative estimate of drug-likeness (QED) is 0.929. The summed E-state index contributed by atoms with van der Waals surface area (Å²) in [5.41, 5.74) is -1.32. The van der Waals surface area contributed by atoms with Gasteiger partial charge in [-0.1, -0.05) is 30.3 Å². The Morgan fingerprint density at radius 2 is 2.00 bits per heavy atom. The highest BCUT2D eigenvalue weighted by molar-refractivity contribution is 5.72. The molecule has 6 heteroatoms. The summed E-state index contributed by atoms with van der Waals surface area (Å²) in [5.74, 6) is -2.81. The predicted molar refractivity (Wildman–Crippen MR) is 67.0 cm³/mol. The summed E-state index contributed by atoms with van der Waals surface area (Å²) in [4.78, 5) is 12.7. The molecule has 1 aliphatic heterocycles. The van der Waals surface area contributed by atoms with Crippen molar-refractivity contribution < 1.29 is 23.1 Å². The van der Waals surface area contributed by atoms with Crippen molar-refractivity contribution in [2.24, 2.45) is 11.3 Å². The number of nitrogens with zero attached hydrogens (tertiary/aromatic N) is 1. The molecule has 2 atom stereocenters. The second-order valence-electron chi connectivity index (χ2n) is 5.46. The number of aliphatic carboxylic acids is 1. The number of carbonyl (C=O) groups is 1. The molecule has 0 aromatic heterocycles. The molecule has 0 aliphatic carbocycles. The minimum Gasteiger partial charge on any atom is -0.481 e. The minimum atomic E-state index is -4.53. The van der Waals surface area contributed by atoms with Crippen molar-refractivity contribution >= 4 is 5.97 Å². The molecule has 20 heavy (non-hydrogen) atoms. The van der Waals surface area contributed by atoms with E-state index in [4.69, 9.17) is 5.11 Å². The lowest BCUT2D eigenvalue weighted by molar-refractivity contribution is -0.228. The predicted octanol–water partition coefficient (Wildman–Crippen LogP) is 2.77. The van der Waals surface area contributed by atoms with Crippen LogP contribution >= 0.6 is 0 Å². The number of carboxylic acid groups (broad SMARTS) is 1. The molecule has 110 valence electrons. The molecule has 1 aromatic rings. The summed E-state index contributed by atoms with van der Waals surface area (Å²) in [6.45, 7) is 0.954. The highest BCUT2D eigenvalue weighted by Crippen LogP contribution is 2.48. The van der Waals surface area contributed by atoms with Crippen LogP contribution < -0.4 is 0 Å². The van der Waals surface area contributed by atoms with E-state index < -0.39 is 23.5 Å². The number of rotatable bonds is 3. The van der Waals surface area contributed by atoms with Gasteiger partial charge in [0.05, 0.1) is 11.3 Å². The topological polar surface area (TPSA) is 40.5 Å². The second kappa shape index (κ2) is 5.09. The molecule has 0 unspecified atom stereocenters. The van der Waals surface area contributed by atoms with E-state index in [-0.39, 0.29) is 13.1 Å². The van der Waals surface area contributed by atoms with Crippen molar-refractivity contribution in [2.45, 2.75) is 19.6 Å². The monoisotopic (exact) mass is 287 g/mol. The summed E-state index contributed by atoms with van der Waals surface area (Å²) >= 11 is 0. The van der Waals surface area contributed by atoms with Gasteiger partial charge in [0.2, 0.25) is 0 Å². The number of halogens is 3. The highest BCUT2D eigenvalue weighted by atomic mass is 19.4. The Morgan fingerprint density at radius 3 is 2.45 bits per heavy atom. The van der Waals surface area contributed by atoms with E-state index in [0.717, 1.165) is 12.5 Å². The van der Waals surface area contributed by atoms with Gasteiger partial charge in [0.1, 0.15) is 0 Å². The van der Waals surface area contributed by atoms with Crippen molar-refractivity contribution in [3.8, 4) is 0 Å². The van der Waals surface area contributed by atoms with Gasteiger partial charge in [-0.15, -0.1) is 0 Å². The van der Waals surface area contributed by atoms with E-state index in [1.165, 1.54) is 0 Å². The van der Waals surface area contributed by atoms with Crippen LogP contribution in [0.4, 0.5) is 13.2 Å². The van der Waals surface area contributed by atoms with Crippen LogP contribution in [0.3, 0.4) is 0 Å². The molecule has 1 aromatic carbocycles. The van der Waals surface area contributed by atoms with E-state index in [1.54, 1.807) is 4.90 Å². The van der Waals surface area contributed by atoms with Gasteiger partial charge in [-0.3, -0.25) is 9.69 Å². The average molecular weight is 287 g/mol. The van der Waals surface area contributed by atoms with Crippen molar-refractivity contribution in [1.29, 1.82) is 0 Å². The first-order chi connectivity index (χ1) is 9.24. The van der Waals surface area contributed by atoms with E-state index >= 15 is 0 Å². The van der Waals surface area contributed by atoms with E-state index in [2.05, 4.69) is 0 Å². The van der Waals surface area contributed by atoms with Crippen LogP contribution in [-0.4, -0.2) is 35.2 Å². The van der Waals surface area contributed by atoms with Crippen LogP contribution in [0.5, 0.6) is 0 Å². The minimum absolute atomic E-state index is 0.0831. The van der Waals surface area contributed by atoms with Crippen LogP contribution in [0.15, 0.2) is 30.3 Å². The summed E-state index contributed by atoms with van der Waals surface area (Å²) in [7, 11) is 0. The maximum Gasteiger partial charge on any atom is 0.396 e. The molecule has 3 nitrogen and oxygen atoms in total. The first-order valence-electron chi connectivity index (χ1n) is 6.30. The van der Waals surface area contributed by atoms with Gasteiger partial charge < -0.3 is 5.11 Å². The molecule has 2 rings (SSSR count). The smallest absolute Gasteiger partial charge is 0.396 e. The average Bonchev–Trinajstić information content (AvgIpc) is 2.68.